The van der Waals surface area contributed by atoms with Crippen LogP contribution in [0.15, 0.2) is 28.7 Å². The van der Waals surface area contributed by atoms with E-state index in [1.165, 1.54) is 12.1 Å². The van der Waals surface area contributed by atoms with Gasteiger partial charge in [-0.2, -0.15) is 13.2 Å². The van der Waals surface area contributed by atoms with E-state index in [0.29, 0.717) is 10.5 Å². The van der Waals surface area contributed by atoms with Crippen LogP contribution in [0.1, 0.15) is 5.69 Å². The first-order valence-electron chi connectivity index (χ1n) is 4.94. The molecule has 0 radical (unpaired) electrons. The van der Waals surface area contributed by atoms with Gasteiger partial charge in [-0.05, 0) is 24.3 Å². The third-order valence-electron chi connectivity index (χ3n) is 2.24. The summed E-state index contributed by atoms with van der Waals surface area (Å²) in [5, 5.41) is 0. The van der Waals surface area contributed by atoms with Gasteiger partial charge in [0.1, 0.15) is 5.82 Å². The predicted octanol–water partition coefficient (Wildman–Crippen LogP) is 3.65. The second-order valence-electron chi connectivity index (χ2n) is 3.62. The van der Waals surface area contributed by atoms with E-state index in [1.54, 1.807) is 0 Å². The van der Waals surface area contributed by atoms with E-state index in [0.717, 1.165) is 6.07 Å². The highest BCUT2D eigenvalue weighted by Crippen LogP contribution is 2.32. The van der Waals surface area contributed by atoms with Crippen LogP contribution < -0.4 is 5.73 Å². The summed E-state index contributed by atoms with van der Waals surface area (Å²) in [6.07, 6.45) is -4.67. The SMILES string of the molecule is Nc1nc(-c2cc(Br)ccc2F)cc(C(F)(F)F)n1. The monoisotopic (exact) mass is 335 g/mol. The van der Waals surface area contributed by atoms with Crippen molar-refractivity contribution >= 4 is 21.9 Å². The van der Waals surface area contributed by atoms with Gasteiger partial charge in [0.25, 0.3) is 0 Å². The van der Waals surface area contributed by atoms with Crippen LogP contribution in [0.3, 0.4) is 0 Å². The Bertz CT molecular complexity index is 628. The third-order valence-corrected chi connectivity index (χ3v) is 2.73. The number of aromatic nitrogens is 2. The minimum Gasteiger partial charge on any atom is -0.368 e. The van der Waals surface area contributed by atoms with Crippen LogP contribution in [0.25, 0.3) is 11.3 Å². The maximum Gasteiger partial charge on any atom is 0.433 e. The van der Waals surface area contributed by atoms with Gasteiger partial charge in [0, 0.05) is 10.0 Å². The minimum absolute atomic E-state index is 0.0889. The molecule has 0 spiro atoms. The topological polar surface area (TPSA) is 51.8 Å². The van der Waals surface area contributed by atoms with Crippen LogP contribution in [0, 0.1) is 5.82 Å². The van der Waals surface area contributed by atoms with Gasteiger partial charge in [-0.15, -0.1) is 0 Å². The van der Waals surface area contributed by atoms with E-state index in [4.69, 9.17) is 5.73 Å². The molecule has 1 aromatic heterocycles. The first-order valence-corrected chi connectivity index (χ1v) is 5.74. The average molecular weight is 336 g/mol. The highest BCUT2D eigenvalue weighted by atomic mass is 79.9. The molecule has 0 fully saturated rings. The summed E-state index contributed by atoms with van der Waals surface area (Å²) < 4.78 is 51.9. The molecule has 0 bridgehead atoms. The van der Waals surface area contributed by atoms with Gasteiger partial charge in [0.05, 0.1) is 5.69 Å². The zero-order valence-corrected chi connectivity index (χ0v) is 10.8. The van der Waals surface area contributed by atoms with E-state index in [2.05, 4.69) is 25.9 Å². The van der Waals surface area contributed by atoms with Crippen LogP contribution >= 0.6 is 15.9 Å². The number of halogens is 5. The van der Waals surface area contributed by atoms with Crippen molar-refractivity contribution in [3.05, 3.63) is 40.2 Å². The molecule has 1 heterocycles. The van der Waals surface area contributed by atoms with E-state index in [-0.39, 0.29) is 11.3 Å². The molecule has 0 unspecified atom stereocenters. The quantitative estimate of drug-likeness (QED) is 0.809. The maximum atomic E-state index is 13.6. The fourth-order valence-corrected chi connectivity index (χ4v) is 1.80. The minimum atomic E-state index is -4.67. The molecule has 0 saturated heterocycles. The predicted molar refractivity (Wildman–Crippen MR) is 64.5 cm³/mol. The molecular weight excluding hydrogens is 330 g/mol. The number of benzene rings is 1. The van der Waals surface area contributed by atoms with Crippen molar-refractivity contribution in [1.82, 2.24) is 9.97 Å². The van der Waals surface area contributed by atoms with Gasteiger partial charge in [0.15, 0.2) is 5.69 Å². The standard InChI is InChI=1S/C11H6BrF4N3/c12-5-1-2-7(13)6(3-5)8-4-9(11(14,15)16)19-10(17)18-8/h1-4H,(H2,17,18,19). The Morgan fingerprint density at radius 3 is 2.42 bits per heavy atom. The van der Waals surface area contributed by atoms with Crippen molar-refractivity contribution in [2.24, 2.45) is 0 Å². The molecule has 2 aromatic rings. The number of nitrogens with two attached hydrogens (primary N) is 1. The van der Waals surface area contributed by atoms with Crippen LogP contribution in [0.4, 0.5) is 23.5 Å². The Kier molecular flexibility index (Phi) is 3.44. The van der Waals surface area contributed by atoms with Gasteiger partial charge >= 0.3 is 6.18 Å². The van der Waals surface area contributed by atoms with Crippen LogP contribution in [0.5, 0.6) is 0 Å². The zero-order chi connectivity index (χ0) is 14.2. The number of anilines is 1. The number of hydrogen-bond acceptors (Lipinski definition) is 3. The maximum absolute atomic E-state index is 13.6. The molecule has 2 N–H and O–H groups in total. The number of nitrogen functional groups attached to an aromatic ring is 1. The zero-order valence-electron chi connectivity index (χ0n) is 9.17. The molecule has 3 nitrogen and oxygen atoms in total. The lowest BCUT2D eigenvalue weighted by Crippen LogP contribution is -2.11. The van der Waals surface area contributed by atoms with Crippen LogP contribution in [-0.4, -0.2) is 9.97 Å². The third kappa shape index (κ3) is 3.01. The molecule has 0 atom stereocenters. The highest BCUT2D eigenvalue weighted by Gasteiger charge is 2.33. The lowest BCUT2D eigenvalue weighted by molar-refractivity contribution is -0.141. The van der Waals surface area contributed by atoms with Crippen molar-refractivity contribution in [2.45, 2.75) is 6.18 Å². The molecule has 0 aliphatic carbocycles. The summed E-state index contributed by atoms with van der Waals surface area (Å²) in [6, 6.07) is 4.51. The summed E-state index contributed by atoms with van der Waals surface area (Å²) in [4.78, 5) is 6.72. The number of alkyl halides is 3. The van der Waals surface area contributed by atoms with Crippen LogP contribution in [0.2, 0.25) is 0 Å². The van der Waals surface area contributed by atoms with Crippen molar-refractivity contribution in [2.75, 3.05) is 5.73 Å². The fourth-order valence-electron chi connectivity index (χ4n) is 1.44. The molecule has 8 heteroatoms. The molecule has 1 aromatic carbocycles. The first-order chi connectivity index (χ1) is 8.77. The summed E-state index contributed by atoms with van der Waals surface area (Å²) in [7, 11) is 0. The molecular formula is C11H6BrF4N3. The second kappa shape index (κ2) is 4.76. The second-order valence-corrected chi connectivity index (χ2v) is 4.53. The largest absolute Gasteiger partial charge is 0.433 e. The summed E-state index contributed by atoms with van der Waals surface area (Å²) >= 11 is 3.11. The van der Waals surface area contributed by atoms with Gasteiger partial charge in [-0.25, -0.2) is 14.4 Å². The Balaban J connectivity index is 2.63. The summed E-state index contributed by atoms with van der Waals surface area (Å²) in [5.74, 6) is -1.27. The number of rotatable bonds is 1. The lowest BCUT2D eigenvalue weighted by atomic mass is 10.1. The van der Waals surface area contributed by atoms with Gasteiger partial charge < -0.3 is 5.73 Å². The van der Waals surface area contributed by atoms with E-state index >= 15 is 0 Å². The van der Waals surface area contributed by atoms with E-state index in [1.807, 2.05) is 0 Å². The molecule has 0 amide bonds. The van der Waals surface area contributed by atoms with Crippen molar-refractivity contribution in [3.63, 3.8) is 0 Å². The fraction of sp³-hybridized carbons (Fsp3) is 0.0909. The van der Waals surface area contributed by atoms with Crippen molar-refractivity contribution in [1.29, 1.82) is 0 Å². The summed E-state index contributed by atoms with van der Waals surface area (Å²) in [6.45, 7) is 0. The van der Waals surface area contributed by atoms with Gasteiger partial charge in [-0.1, -0.05) is 15.9 Å². The molecule has 19 heavy (non-hydrogen) atoms. The summed E-state index contributed by atoms with van der Waals surface area (Å²) in [5.41, 5.74) is 3.70. The molecule has 0 aliphatic heterocycles. The van der Waals surface area contributed by atoms with E-state index in [9.17, 15) is 17.6 Å². The van der Waals surface area contributed by atoms with Gasteiger partial charge in [-0.3, -0.25) is 0 Å². The molecule has 0 saturated carbocycles. The smallest absolute Gasteiger partial charge is 0.368 e. The first kappa shape index (κ1) is 13.7. The lowest BCUT2D eigenvalue weighted by Gasteiger charge is -2.09. The molecule has 2 rings (SSSR count). The Morgan fingerprint density at radius 2 is 1.79 bits per heavy atom. The van der Waals surface area contributed by atoms with Crippen LogP contribution in [-0.2, 0) is 6.18 Å². The molecule has 0 aliphatic rings. The van der Waals surface area contributed by atoms with Crippen molar-refractivity contribution in [3.8, 4) is 11.3 Å². The number of hydrogen-bond donors (Lipinski definition) is 1. The van der Waals surface area contributed by atoms with Crippen molar-refractivity contribution < 1.29 is 17.6 Å². The Hall–Kier alpha value is -1.70. The highest BCUT2D eigenvalue weighted by molar-refractivity contribution is 9.10. The van der Waals surface area contributed by atoms with E-state index < -0.39 is 23.6 Å². The molecule has 100 valence electrons. The Labute approximate surface area is 113 Å². The normalized spacial score (nSPS) is 11.6. The number of nitrogens with zero attached hydrogens (tertiary/aromatic N) is 2. The van der Waals surface area contributed by atoms with Gasteiger partial charge in [0.2, 0.25) is 5.95 Å². The Morgan fingerprint density at radius 1 is 1.11 bits per heavy atom. The average Bonchev–Trinajstić information content (AvgIpc) is 2.30.